The Hall–Kier alpha value is -0.830. The molecular formula is C32H56O3. The van der Waals surface area contributed by atoms with Crippen molar-refractivity contribution in [1.29, 1.82) is 0 Å². The van der Waals surface area contributed by atoms with Crippen molar-refractivity contribution in [2.24, 2.45) is 51.2 Å². The van der Waals surface area contributed by atoms with E-state index in [-0.39, 0.29) is 22.9 Å². The van der Waals surface area contributed by atoms with Gasteiger partial charge in [0.2, 0.25) is 0 Å². The first-order chi connectivity index (χ1) is 16.4. The van der Waals surface area contributed by atoms with Gasteiger partial charge >= 0.3 is 5.97 Å². The van der Waals surface area contributed by atoms with Crippen molar-refractivity contribution in [3.63, 3.8) is 0 Å². The average molecular weight is 489 g/mol. The molecule has 202 valence electrons. The van der Waals surface area contributed by atoms with Crippen LogP contribution in [0.4, 0.5) is 0 Å². The quantitative estimate of drug-likeness (QED) is 0.364. The fraction of sp³-hybridized carbons (Fsp3) is 0.906. The van der Waals surface area contributed by atoms with Crippen molar-refractivity contribution in [2.75, 3.05) is 0 Å². The van der Waals surface area contributed by atoms with E-state index in [1.165, 1.54) is 18.4 Å². The van der Waals surface area contributed by atoms with Gasteiger partial charge < -0.3 is 10.2 Å². The van der Waals surface area contributed by atoms with Crippen LogP contribution in [0.15, 0.2) is 11.6 Å². The molecule has 8 unspecified atom stereocenters. The summed E-state index contributed by atoms with van der Waals surface area (Å²) < 4.78 is 0. The Labute approximate surface area is 216 Å². The summed E-state index contributed by atoms with van der Waals surface area (Å²) in [5.41, 5.74) is 1.84. The Kier molecular flexibility index (Phi) is 8.33. The van der Waals surface area contributed by atoms with E-state index in [9.17, 15) is 15.0 Å². The number of carbonyl (C=O) groups is 1. The van der Waals surface area contributed by atoms with E-state index in [1.54, 1.807) is 0 Å². The second-order valence-electron chi connectivity index (χ2n) is 13.6. The Morgan fingerprint density at radius 1 is 0.857 bits per heavy atom. The molecule has 0 aromatic heterocycles. The lowest BCUT2D eigenvalue weighted by Crippen LogP contribution is -2.60. The molecule has 5 aliphatic carbocycles. The number of carboxylic acid groups (broad SMARTS) is 1. The first-order valence-corrected chi connectivity index (χ1v) is 15.1. The summed E-state index contributed by atoms with van der Waals surface area (Å²) in [7, 11) is 0. The van der Waals surface area contributed by atoms with Gasteiger partial charge in [0.1, 0.15) is 0 Å². The summed E-state index contributed by atoms with van der Waals surface area (Å²) >= 11 is 0. The highest BCUT2D eigenvalue weighted by Gasteiger charge is 2.64. The standard InChI is InChI=1S/C28H44O3.2C2H6/c1-17-19-8-11-27(5)20-9-13-28(24(30)31)15-14-25(2,3)16-21(28)18(20)6-7-23(27)26(19,4)12-10-22(17)29;2*1-2/h6,17,19-23,29H,7-16H2,1-5H3,(H,30,31);2*1-2H3/t17?,19?,20?,21?,22?,23?,26?,27-,28?;;/m0../s1. The summed E-state index contributed by atoms with van der Waals surface area (Å²) in [6, 6.07) is 0. The van der Waals surface area contributed by atoms with Gasteiger partial charge in [0.15, 0.2) is 0 Å². The van der Waals surface area contributed by atoms with Crippen LogP contribution in [-0.2, 0) is 4.79 Å². The fourth-order valence-electron chi connectivity index (χ4n) is 9.90. The van der Waals surface area contributed by atoms with Gasteiger partial charge in [-0.1, -0.05) is 74.0 Å². The van der Waals surface area contributed by atoms with Crippen molar-refractivity contribution in [3.05, 3.63) is 11.6 Å². The molecule has 5 aliphatic rings. The van der Waals surface area contributed by atoms with Crippen LogP contribution in [0.2, 0.25) is 0 Å². The van der Waals surface area contributed by atoms with Gasteiger partial charge in [-0.25, -0.2) is 0 Å². The van der Waals surface area contributed by atoms with Gasteiger partial charge in [0.25, 0.3) is 0 Å². The molecule has 0 aromatic carbocycles. The van der Waals surface area contributed by atoms with Crippen LogP contribution in [-0.4, -0.2) is 22.3 Å². The third-order valence-corrected chi connectivity index (χ3v) is 11.8. The monoisotopic (exact) mass is 488 g/mol. The van der Waals surface area contributed by atoms with Crippen LogP contribution < -0.4 is 0 Å². The molecule has 2 N–H and O–H groups in total. The number of aliphatic hydroxyl groups excluding tert-OH is 1. The SMILES string of the molecule is CC.CC.CC1C(O)CCC2(C)C1CC[C@@]1(C)C3CCC4(C(=O)O)CCC(C)(C)CC4C3=CCC21. The molecule has 0 saturated heterocycles. The molecule has 4 saturated carbocycles. The summed E-state index contributed by atoms with van der Waals surface area (Å²) in [5.74, 6) is 1.93. The maximum Gasteiger partial charge on any atom is 0.310 e. The summed E-state index contributed by atoms with van der Waals surface area (Å²) in [6.45, 7) is 20.1. The number of aliphatic hydroxyl groups is 1. The minimum Gasteiger partial charge on any atom is -0.481 e. The minimum absolute atomic E-state index is 0.132. The molecular weight excluding hydrogens is 432 g/mol. The average Bonchev–Trinajstić information content (AvgIpc) is 2.83. The molecule has 5 rings (SSSR count). The largest absolute Gasteiger partial charge is 0.481 e. The molecule has 0 aliphatic heterocycles. The van der Waals surface area contributed by atoms with E-state index in [0.29, 0.717) is 29.1 Å². The van der Waals surface area contributed by atoms with Crippen LogP contribution in [0, 0.1) is 51.2 Å². The van der Waals surface area contributed by atoms with Crippen molar-refractivity contribution >= 4 is 5.97 Å². The van der Waals surface area contributed by atoms with E-state index in [4.69, 9.17) is 0 Å². The zero-order chi connectivity index (χ0) is 26.4. The molecule has 0 bridgehead atoms. The van der Waals surface area contributed by atoms with Gasteiger partial charge in [0, 0.05) is 0 Å². The zero-order valence-electron chi connectivity index (χ0n) is 24.4. The number of fused-ring (bicyclic) bond motifs is 7. The lowest BCUT2D eigenvalue weighted by Gasteiger charge is -2.66. The number of aliphatic carboxylic acids is 1. The molecule has 0 radical (unpaired) electrons. The summed E-state index contributed by atoms with van der Waals surface area (Å²) in [4.78, 5) is 12.6. The first-order valence-electron chi connectivity index (χ1n) is 15.1. The summed E-state index contributed by atoms with van der Waals surface area (Å²) in [5, 5.41) is 20.9. The first kappa shape index (κ1) is 28.7. The molecule has 9 atom stereocenters. The highest BCUT2D eigenvalue weighted by molar-refractivity contribution is 5.76. The number of rotatable bonds is 1. The van der Waals surface area contributed by atoms with Crippen molar-refractivity contribution in [3.8, 4) is 0 Å². The Bertz CT molecular complexity index is 799. The van der Waals surface area contributed by atoms with E-state index < -0.39 is 11.4 Å². The lowest BCUT2D eigenvalue weighted by molar-refractivity contribution is -0.170. The zero-order valence-corrected chi connectivity index (χ0v) is 24.4. The van der Waals surface area contributed by atoms with Crippen molar-refractivity contribution in [1.82, 2.24) is 0 Å². The highest BCUT2D eigenvalue weighted by Crippen LogP contribution is 2.70. The second-order valence-corrected chi connectivity index (χ2v) is 13.6. The Balaban J connectivity index is 0.000000815. The third-order valence-electron chi connectivity index (χ3n) is 11.8. The van der Waals surface area contributed by atoms with E-state index in [0.717, 1.165) is 51.4 Å². The topological polar surface area (TPSA) is 57.5 Å². The normalized spacial score (nSPS) is 47.5. The van der Waals surface area contributed by atoms with Crippen molar-refractivity contribution < 1.29 is 15.0 Å². The van der Waals surface area contributed by atoms with Gasteiger partial charge in [-0.2, -0.15) is 0 Å². The summed E-state index contributed by atoms with van der Waals surface area (Å²) in [6.07, 6.45) is 12.9. The van der Waals surface area contributed by atoms with Crippen LogP contribution >= 0.6 is 0 Å². The second kappa shape index (κ2) is 10.1. The van der Waals surface area contributed by atoms with Crippen molar-refractivity contribution in [2.45, 2.75) is 133 Å². The molecule has 0 spiro atoms. The van der Waals surface area contributed by atoms with Crippen LogP contribution in [0.25, 0.3) is 0 Å². The Morgan fingerprint density at radius 2 is 1.49 bits per heavy atom. The smallest absolute Gasteiger partial charge is 0.310 e. The number of carboxylic acids is 1. The predicted octanol–water partition coefficient (Wildman–Crippen LogP) is 8.51. The van der Waals surface area contributed by atoms with Gasteiger partial charge in [0.05, 0.1) is 11.5 Å². The van der Waals surface area contributed by atoms with E-state index in [1.807, 2.05) is 27.7 Å². The number of allylic oxidation sites excluding steroid dienone is 2. The van der Waals surface area contributed by atoms with Crippen LogP contribution in [0.1, 0.15) is 127 Å². The molecule has 4 fully saturated rings. The van der Waals surface area contributed by atoms with Gasteiger partial charge in [-0.15, -0.1) is 0 Å². The van der Waals surface area contributed by atoms with Gasteiger partial charge in [-0.05, 0) is 110 Å². The Morgan fingerprint density at radius 3 is 2.11 bits per heavy atom. The van der Waals surface area contributed by atoms with E-state index in [2.05, 4.69) is 40.7 Å². The number of hydrogen-bond donors (Lipinski definition) is 2. The predicted molar refractivity (Wildman–Crippen MR) is 146 cm³/mol. The molecule has 35 heavy (non-hydrogen) atoms. The third kappa shape index (κ3) is 4.34. The molecule has 0 heterocycles. The fourth-order valence-corrected chi connectivity index (χ4v) is 9.90. The van der Waals surface area contributed by atoms with Gasteiger partial charge in [-0.3, -0.25) is 4.79 Å². The molecule has 3 nitrogen and oxygen atoms in total. The lowest BCUT2D eigenvalue weighted by atomic mass is 9.38. The maximum absolute atomic E-state index is 12.6. The molecule has 0 aromatic rings. The minimum atomic E-state index is -0.537. The molecule has 0 amide bonds. The van der Waals surface area contributed by atoms with E-state index >= 15 is 0 Å². The van der Waals surface area contributed by atoms with Crippen LogP contribution in [0.3, 0.4) is 0 Å². The molecule has 3 heteroatoms. The number of hydrogen-bond acceptors (Lipinski definition) is 2. The highest BCUT2D eigenvalue weighted by atomic mass is 16.4. The maximum atomic E-state index is 12.6. The van der Waals surface area contributed by atoms with Crippen LogP contribution in [0.5, 0.6) is 0 Å².